The van der Waals surface area contributed by atoms with Crippen LogP contribution in [0.4, 0.5) is 26.3 Å². The van der Waals surface area contributed by atoms with Gasteiger partial charge in [-0.05, 0) is 0 Å². The first-order valence-electron chi connectivity index (χ1n) is 2.42. The van der Waals surface area contributed by atoms with Gasteiger partial charge < -0.3 is 4.74 Å². The van der Waals surface area contributed by atoms with Crippen molar-refractivity contribution < 1.29 is 31.1 Å². The molecule has 0 rings (SSSR count). The van der Waals surface area contributed by atoms with E-state index in [1.165, 1.54) is 0 Å². The summed E-state index contributed by atoms with van der Waals surface area (Å²) in [6.07, 6.45) is -8.29. The normalized spacial score (nSPS) is 12.6. The number of ether oxygens (including phenoxy) is 1. The molecule has 0 spiro atoms. The van der Waals surface area contributed by atoms with Crippen molar-refractivity contribution in [1.29, 1.82) is 0 Å². The van der Waals surface area contributed by atoms with Crippen molar-refractivity contribution in [2.24, 2.45) is 0 Å². The largest absolute Gasteiger partial charge is 0.465 e. The lowest BCUT2D eigenvalue weighted by molar-refractivity contribution is -0.258. The van der Waals surface area contributed by atoms with Gasteiger partial charge in [-0.2, -0.15) is 26.3 Å². The zero-order chi connectivity index (χ0) is 10.9. The maximum absolute atomic E-state index is 12.1. The van der Waals surface area contributed by atoms with Gasteiger partial charge in [-0.1, -0.05) is 23.2 Å². The Labute approximate surface area is 77.9 Å². The molecule has 9 heteroatoms. The second kappa shape index (κ2) is 3.83. The summed E-state index contributed by atoms with van der Waals surface area (Å²) in [6, 6.07) is -2.95. The molecule has 0 amide bonds. The van der Waals surface area contributed by atoms with E-state index in [4.69, 9.17) is 0 Å². The molecule has 0 N–H and O–H groups in total. The molecule has 0 saturated heterocycles. The molecule has 0 radical (unpaired) electrons. The zero-order valence-electron chi connectivity index (χ0n) is 5.43. The maximum atomic E-state index is 12.1. The molecular formula is C4Cl2F6O. The van der Waals surface area contributed by atoms with Crippen molar-refractivity contribution >= 4 is 23.2 Å². The number of rotatable bonds is 3. The highest BCUT2D eigenvalue weighted by Gasteiger charge is 2.57. The van der Waals surface area contributed by atoms with Crippen LogP contribution in [0.2, 0.25) is 0 Å². The summed E-state index contributed by atoms with van der Waals surface area (Å²) in [5.41, 5.74) is 0. The first kappa shape index (κ1) is 12.7. The van der Waals surface area contributed by atoms with Gasteiger partial charge in [0.2, 0.25) is 0 Å². The van der Waals surface area contributed by atoms with Crippen molar-refractivity contribution in [3.05, 3.63) is 12.1 Å². The molecule has 0 fully saturated rings. The molecule has 0 saturated carbocycles. The highest BCUT2D eigenvalue weighted by molar-refractivity contribution is 6.47. The third-order valence-corrected chi connectivity index (χ3v) is 1.14. The molecule has 0 aromatic rings. The minimum Gasteiger partial charge on any atom is -0.398 e. The van der Waals surface area contributed by atoms with Crippen LogP contribution in [-0.4, -0.2) is 10.7 Å². The lowest BCUT2D eigenvalue weighted by atomic mass is 10.7. The highest BCUT2D eigenvalue weighted by Crippen LogP contribution is 2.42. The fourth-order valence-electron chi connectivity index (χ4n) is 0.209. The van der Waals surface area contributed by atoms with Crippen molar-refractivity contribution in [2.45, 2.75) is 10.7 Å². The van der Waals surface area contributed by atoms with Gasteiger partial charge in [0, 0.05) is 0 Å². The molecule has 0 aromatic heterocycles. The monoisotopic (exact) mass is 248 g/mol. The van der Waals surface area contributed by atoms with Gasteiger partial charge in [0.1, 0.15) is 0 Å². The highest BCUT2D eigenvalue weighted by atomic mass is 35.5. The van der Waals surface area contributed by atoms with E-state index in [1.807, 2.05) is 0 Å². The van der Waals surface area contributed by atoms with Crippen molar-refractivity contribution in [3.63, 3.8) is 0 Å². The van der Waals surface area contributed by atoms with E-state index in [0.717, 1.165) is 0 Å². The topological polar surface area (TPSA) is 9.23 Å². The Morgan fingerprint density at radius 2 is 1.38 bits per heavy atom. The Morgan fingerprint density at radius 1 is 1.00 bits per heavy atom. The van der Waals surface area contributed by atoms with Gasteiger partial charge in [-0.25, -0.2) is 0 Å². The molecule has 78 valence electrons. The Kier molecular flexibility index (Phi) is 3.74. The molecule has 13 heavy (non-hydrogen) atoms. The van der Waals surface area contributed by atoms with Crippen molar-refractivity contribution in [2.75, 3.05) is 0 Å². The van der Waals surface area contributed by atoms with Crippen molar-refractivity contribution in [1.82, 2.24) is 0 Å². The molecule has 0 bridgehead atoms. The van der Waals surface area contributed by atoms with Crippen LogP contribution in [-0.2, 0) is 4.74 Å². The zero-order valence-corrected chi connectivity index (χ0v) is 6.94. The second-order valence-electron chi connectivity index (χ2n) is 1.65. The maximum Gasteiger partial charge on any atom is 0.465 e. The molecule has 0 unspecified atom stereocenters. The van der Waals surface area contributed by atoms with Crippen LogP contribution >= 0.6 is 23.2 Å². The summed E-state index contributed by atoms with van der Waals surface area (Å²) in [5, 5.41) is 0. The average molecular weight is 249 g/mol. The van der Waals surface area contributed by atoms with Crippen LogP contribution in [0.5, 0.6) is 0 Å². The smallest absolute Gasteiger partial charge is 0.398 e. The van der Waals surface area contributed by atoms with Gasteiger partial charge in [-0.3, -0.25) is 0 Å². The first-order valence-corrected chi connectivity index (χ1v) is 3.18. The van der Waals surface area contributed by atoms with Gasteiger partial charge in [0.05, 0.1) is 0 Å². The summed E-state index contributed by atoms with van der Waals surface area (Å²) in [4.78, 5) is 0. The Morgan fingerprint density at radius 3 is 1.62 bits per heavy atom. The van der Waals surface area contributed by atoms with Crippen LogP contribution in [0.1, 0.15) is 0 Å². The molecule has 0 aliphatic rings. The number of alkyl halides is 5. The van der Waals surface area contributed by atoms with E-state index in [-0.39, 0.29) is 0 Å². The number of halogens is 8. The molecule has 0 aliphatic carbocycles. The molecule has 0 aliphatic heterocycles. The Balaban J connectivity index is 4.63. The molecule has 0 atom stereocenters. The fourth-order valence-corrected chi connectivity index (χ4v) is 0.286. The van der Waals surface area contributed by atoms with Crippen LogP contribution in [0.25, 0.3) is 0 Å². The van der Waals surface area contributed by atoms with Gasteiger partial charge in [-0.15, -0.1) is 0 Å². The van der Waals surface area contributed by atoms with E-state index in [1.54, 1.807) is 0 Å². The van der Waals surface area contributed by atoms with E-state index in [9.17, 15) is 26.3 Å². The molecule has 0 heterocycles. The Hall–Kier alpha value is -0.300. The van der Waals surface area contributed by atoms with Crippen LogP contribution in [0, 0.1) is 0 Å². The minimum absolute atomic E-state index is 2.55. The van der Waals surface area contributed by atoms with Gasteiger partial charge in [0.15, 0.2) is 0 Å². The van der Waals surface area contributed by atoms with Crippen LogP contribution < -0.4 is 0 Å². The van der Waals surface area contributed by atoms with E-state index in [0.29, 0.717) is 0 Å². The summed E-state index contributed by atoms with van der Waals surface area (Å²) in [6.45, 7) is 0. The molecular weight excluding hydrogens is 249 g/mol. The standard InChI is InChI=1S/C4Cl2F6O/c5-3(6,10)4(11,12)13-2(9)1(7)8. The third kappa shape index (κ3) is 3.51. The predicted molar refractivity (Wildman–Crippen MR) is 31.9 cm³/mol. The Bertz CT molecular complexity index is 217. The number of hydrogen-bond acceptors (Lipinski definition) is 1. The lowest BCUT2D eigenvalue weighted by Gasteiger charge is -2.20. The second-order valence-corrected chi connectivity index (χ2v) is 2.89. The lowest BCUT2D eigenvalue weighted by Crippen LogP contribution is -2.36. The van der Waals surface area contributed by atoms with E-state index >= 15 is 0 Å². The minimum atomic E-state index is -5.11. The summed E-state index contributed by atoms with van der Waals surface area (Å²) in [7, 11) is 0. The molecule has 1 nitrogen and oxygen atoms in total. The van der Waals surface area contributed by atoms with Gasteiger partial charge >= 0.3 is 22.8 Å². The third-order valence-electron chi connectivity index (χ3n) is 0.696. The molecule has 0 aromatic carbocycles. The number of hydrogen-bond donors (Lipinski definition) is 0. The fraction of sp³-hybridized carbons (Fsp3) is 0.500. The predicted octanol–water partition coefficient (Wildman–Crippen LogP) is 3.73. The van der Waals surface area contributed by atoms with Crippen molar-refractivity contribution in [3.8, 4) is 0 Å². The van der Waals surface area contributed by atoms with E-state index in [2.05, 4.69) is 27.9 Å². The van der Waals surface area contributed by atoms with Crippen LogP contribution in [0.3, 0.4) is 0 Å². The quantitative estimate of drug-likeness (QED) is 0.420. The summed E-state index contributed by atoms with van der Waals surface area (Å²) < 4.78 is 68.5. The average Bonchev–Trinajstić information content (AvgIpc) is 1.83. The summed E-state index contributed by atoms with van der Waals surface area (Å²) in [5.74, 6) is 0. The van der Waals surface area contributed by atoms with Gasteiger partial charge in [0.25, 0.3) is 0 Å². The first-order chi connectivity index (χ1) is 5.58. The van der Waals surface area contributed by atoms with E-state index < -0.39 is 22.8 Å². The van der Waals surface area contributed by atoms with Crippen LogP contribution in [0.15, 0.2) is 12.1 Å². The summed E-state index contributed by atoms with van der Waals surface area (Å²) >= 11 is 8.33. The SMILES string of the molecule is FC(F)=C(F)OC(F)(F)C(F)(Cl)Cl.